The van der Waals surface area contributed by atoms with Gasteiger partial charge in [0.2, 0.25) is 5.95 Å². The summed E-state index contributed by atoms with van der Waals surface area (Å²) in [5.41, 5.74) is 8.46. The number of hydrogen-bond donors (Lipinski definition) is 1. The molecule has 0 amide bonds. The number of rotatable bonds is 5. The molecule has 0 radical (unpaired) electrons. The van der Waals surface area contributed by atoms with Crippen LogP contribution in [0, 0.1) is 5.92 Å². The molecule has 1 saturated heterocycles. The van der Waals surface area contributed by atoms with Gasteiger partial charge in [0.05, 0.1) is 36.3 Å². The third-order valence-corrected chi connectivity index (χ3v) is 5.95. The van der Waals surface area contributed by atoms with Crippen LogP contribution in [0.3, 0.4) is 0 Å². The Balaban J connectivity index is 1.76. The predicted molar refractivity (Wildman–Crippen MR) is 128 cm³/mol. The number of benzene rings is 1. The smallest absolute Gasteiger partial charge is 0.309 e. The molecule has 0 atom stereocenters. The molecule has 3 heterocycles. The number of aromatic nitrogens is 4. The van der Waals surface area contributed by atoms with Crippen molar-refractivity contribution in [1.82, 2.24) is 19.7 Å². The lowest BCUT2D eigenvalue weighted by molar-refractivity contribution is -0.148. The van der Waals surface area contributed by atoms with Gasteiger partial charge in [0.15, 0.2) is 5.65 Å². The monoisotopic (exact) mass is 452 g/mol. The second kappa shape index (κ2) is 8.88. The maximum absolute atomic E-state index is 12.1. The quantitative estimate of drug-likeness (QED) is 0.585. The lowest BCUT2D eigenvalue weighted by Gasteiger charge is -2.31. The zero-order chi connectivity index (χ0) is 23.8. The summed E-state index contributed by atoms with van der Waals surface area (Å²) in [5.74, 6) is 1.69. The highest BCUT2D eigenvalue weighted by molar-refractivity contribution is 5.99. The highest BCUT2D eigenvalue weighted by Crippen LogP contribution is 2.35. The number of esters is 1. The largest absolute Gasteiger partial charge is 0.497 e. The zero-order valence-electron chi connectivity index (χ0n) is 20.0. The molecule has 0 aliphatic carbocycles. The van der Waals surface area contributed by atoms with Crippen LogP contribution in [0.1, 0.15) is 40.5 Å². The van der Waals surface area contributed by atoms with Gasteiger partial charge in [-0.3, -0.25) is 4.79 Å². The predicted octanol–water partition coefficient (Wildman–Crippen LogP) is 3.62. The Morgan fingerprint density at radius 1 is 1.15 bits per heavy atom. The van der Waals surface area contributed by atoms with Crippen molar-refractivity contribution in [3.8, 4) is 17.0 Å². The number of nitrogen functional groups attached to an aromatic ring is 1. The summed E-state index contributed by atoms with van der Waals surface area (Å²) in [6.07, 6.45) is 1.41. The van der Waals surface area contributed by atoms with Gasteiger partial charge in [-0.1, -0.05) is 0 Å². The van der Waals surface area contributed by atoms with Gasteiger partial charge in [0.25, 0.3) is 0 Å². The molecule has 0 spiro atoms. The third-order valence-electron chi connectivity index (χ3n) is 5.95. The number of ether oxygens (including phenoxy) is 2. The fraction of sp³-hybridized carbons (Fsp3) is 0.500. The summed E-state index contributed by atoms with van der Waals surface area (Å²) in [4.78, 5) is 24.0. The van der Waals surface area contributed by atoms with Crippen molar-refractivity contribution < 1.29 is 14.3 Å². The van der Waals surface area contributed by atoms with E-state index >= 15 is 0 Å². The number of hydrogen-bond acceptors (Lipinski definition) is 8. The molecule has 9 nitrogen and oxygen atoms in total. The Hall–Kier alpha value is -3.36. The molecule has 176 valence electrons. The van der Waals surface area contributed by atoms with Gasteiger partial charge in [-0.05, 0) is 64.8 Å². The number of carbonyl (C=O) groups excluding carboxylic acids is 1. The summed E-state index contributed by atoms with van der Waals surface area (Å²) in [7, 11) is 1.64. The standard InChI is InChI=1S/C24H32N6O3/c1-6-33-22(31)16-11-13-29(14-12-16)23-26-19(15-7-9-17(32-5)10-8-15)18-20(25)30(24(2,3)4)28-21(18)27-23/h7-10,16H,6,11-14,25H2,1-5H3. The molecule has 1 fully saturated rings. The molecule has 3 aromatic rings. The van der Waals surface area contributed by atoms with Crippen molar-refractivity contribution in [2.24, 2.45) is 5.92 Å². The van der Waals surface area contributed by atoms with Crippen LogP contribution in [0.15, 0.2) is 24.3 Å². The Kier molecular flexibility index (Phi) is 6.14. The fourth-order valence-corrected chi connectivity index (χ4v) is 4.19. The van der Waals surface area contributed by atoms with E-state index in [4.69, 9.17) is 30.3 Å². The topological polar surface area (TPSA) is 108 Å². The van der Waals surface area contributed by atoms with Crippen LogP contribution in [-0.4, -0.2) is 52.5 Å². The van der Waals surface area contributed by atoms with E-state index in [0.717, 1.165) is 22.4 Å². The molecule has 1 aliphatic heterocycles. The zero-order valence-corrected chi connectivity index (χ0v) is 20.0. The van der Waals surface area contributed by atoms with Crippen LogP contribution < -0.4 is 15.4 Å². The maximum Gasteiger partial charge on any atom is 0.309 e. The first-order valence-corrected chi connectivity index (χ1v) is 11.4. The summed E-state index contributed by atoms with van der Waals surface area (Å²) in [6.45, 7) is 9.74. The van der Waals surface area contributed by atoms with E-state index in [1.807, 2.05) is 31.2 Å². The van der Waals surface area contributed by atoms with Crippen molar-refractivity contribution in [2.75, 3.05) is 37.4 Å². The maximum atomic E-state index is 12.1. The average molecular weight is 453 g/mol. The molecular weight excluding hydrogens is 420 g/mol. The first kappa shape index (κ1) is 22.8. The third kappa shape index (κ3) is 4.44. The van der Waals surface area contributed by atoms with E-state index in [2.05, 4.69) is 25.7 Å². The van der Waals surface area contributed by atoms with E-state index < -0.39 is 0 Å². The van der Waals surface area contributed by atoms with E-state index in [-0.39, 0.29) is 17.4 Å². The number of piperidine rings is 1. The van der Waals surface area contributed by atoms with E-state index in [0.29, 0.717) is 50.0 Å². The molecule has 0 saturated carbocycles. The van der Waals surface area contributed by atoms with Crippen molar-refractivity contribution >= 4 is 28.8 Å². The molecule has 2 N–H and O–H groups in total. The van der Waals surface area contributed by atoms with Crippen LogP contribution in [0.4, 0.5) is 11.8 Å². The van der Waals surface area contributed by atoms with Crippen LogP contribution in [-0.2, 0) is 15.1 Å². The summed E-state index contributed by atoms with van der Waals surface area (Å²) < 4.78 is 12.3. The van der Waals surface area contributed by atoms with Crippen molar-refractivity contribution in [3.05, 3.63) is 24.3 Å². The Morgan fingerprint density at radius 2 is 1.82 bits per heavy atom. The van der Waals surface area contributed by atoms with Crippen LogP contribution in [0.2, 0.25) is 0 Å². The Morgan fingerprint density at radius 3 is 2.39 bits per heavy atom. The highest BCUT2D eigenvalue weighted by Gasteiger charge is 2.29. The minimum absolute atomic E-state index is 0.0817. The Bertz CT molecular complexity index is 1140. The van der Waals surface area contributed by atoms with Gasteiger partial charge < -0.3 is 20.1 Å². The van der Waals surface area contributed by atoms with Gasteiger partial charge in [-0.15, -0.1) is 5.10 Å². The van der Waals surface area contributed by atoms with Gasteiger partial charge >= 0.3 is 5.97 Å². The first-order chi connectivity index (χ1) is 15.7. The van der Waals surface area contributed by atoms with E-state index in [9.17, 15) is 4.79 Å². The van der Waals surface area contributed by atoms with Crippen LogP contribution >= 0.6 is 0 Å². The number of nitrogens with zero attached hydrogens (tertiary/aromatic N) is 5. The molecule has 1 aromatic carbocycles. The lowest BCUT2D eigenvalue weighted by atomic mass is 9.97. The highest BCUT2D eigenvalue weighted by atomic mass is 16.5. The van der Waals surface area contributed by atoms with Crippen LogP contribution in [0.5, 0.6) is 5.75 Å². The van der Waals surface area contributed by atoms with Gasteiger partial charge in [0.1, 0.15) is 11.6 Å². The fourth-order valence-electron chi connectivity index (χ4n) is 4.19. The molecule has 9 heteroatoms. The van der Waals surface area contributed by atoms with Crippen molar-refractivity contribution in [3.63, 3.8) is 0 Å². The van der Waals surface area contributed by atoms with Crippen molar-refractivity contribution in [1.29, 1.82) is 0 Å². The molecule has 4 rings (SSSR count). The minimum atomic E-state index is -0.305. The molecule has 1 aliphatic rings. The molecular formula is C24H32N6O3. The normalized spacial score (nSPS) is 15.1. The number of fused-ring (bicyclic) bond motifs is 1. The number of anilines is 2. The second-order valence-electron chi connectivity index (χ2n) is 9.28. The van der Waals surface area contributed by atoms with E-state index in [1.54, 1.807) is 11.8 Å². The second-order valence-corrected chi connectivity index (χ2v) is 9.28. The van der Waals surface area contributed by atoms with Gasteiger partial charge in [-0.2, -0.15) is 4.98 Å². The Labute approximate surface area is 193 Å². The molecule has 0 unspecified atom stereocenters. The summed E-state index contributed by atoms with van der Waals surface area (Å²) in [6, 6.07) is 7.73. The molecule has 2 aromatic heterocycles. The number of nitrogens with two attached hydrogens (primary N) is 1. The SMILES string of the molecule is CCOC(=O)C1CCN(c2nc(-c3ccc(OC)cc3)c3c(N)n(C(C)(C)C)nc3n2)CC1. The van der Waals surface area contributed by atoms with E-state index in [1.165, 1.54) is 0 Å². The number of carbonyl (C=O) groups is 1. The van der Waals surface area contributed by atoms with Gasteiger partial charge in [0, 0.05) is 18.7 Å². The minimum Gasteiger partial charge on any atom is -0.497 e. The van der Waals surface area contributed by atoms with Crippen molar-refractivity contribution in [2.45, 2.75) is 46.1 Å². The average Bonchev–Trinajstić information content (AvgIpc) is 3.16. The van der Waals surface area contributed by atoms with Crippen LogP contribution in [0.25, 0.3) is 22.3 Å². The lowest BCUT2D eigenvalue weighted by Crippen LogP contribution is -2.38. The summed E-state index contributed by atoms with van der Waals surface area (Å²) >= 11 is 0. The molecule has 0 bridgehead atoms. The summed E-state index contributed by atoms with van der Waals surface area (Å²) in [5, 5.41) is 5.48. The number of methoxy groups -OCH3 is 1. The molecule has 33 heavy (non-hydrogen) atoms. The van der Waals surface area contributed by atoms with Gasteiger partial charge in [-0.25, -0.2) is 9.67 Å². The first-order valence-electron chi connectivity index (χ1n) is 11.4.